The summed E-state index contributed by atoms with van der Waals surface area (Å²) in [5, 5.41) is 5.63. The van der Waals surface area contributed by atoms with Crippen LogP contribution in [0.25, 0.3) is 0 Å². The summed E-state index contributed by atoms with van der Waals surface area (Å²) in [5.74, 6) is 0. The minimum atomic E-state index is -4.10. The summed E-state index contributed by atoms with van der Waals surface area (Å²) in [6, 6.07) is 17.9. The van der Waals surface area contributed by atoms with Crippen molar-refractivity contribution in [2.24, 2.45) is 0 Å². The Kier molecular flexibility index (Phi) is 6.46. The van der Waals surface area contributed by atoms with Gasteiger partial charge in [0.2, 0.25) is 0 Å². The van der Waals surface area contributed by atoms with E-state index in [-0.39, 0.29) is 4.90 Å². The van der Waals surface area contributed by atoms with E-state index in [1.54, 1.807) is 6.07 Å². The molecule has 0 bridgehead atoms. The summed E-state index contributed by atoms with van der Waals surface area (Å²) in [4.78, 5) is 15.9. The number of amides is 2. The average Bonchev–Trinajstić information content (AvgIpc) is 2.69. The molecule has 0 saturated heterocycles. The van der Waals surface area contributed by atoms with E-state index >= 15 is 0 Å². The molecule has 8 heteroatoms. The first kappa shape index (κ1) is 20.3. The molecule has 2 amide bonds. The van der Waals surface area contributed by atoms with E-state index in [0.717, 1.165) is 16.8 Å². The smallest absolute Gasteiger partial charge is 0.328 e. The quantitative estimate of drug-likeness (QED) is 0.555. The number of sulfonamides is 1. The monoisotopic (exact) mass is 410 g/mol. The van der Waals surface area contributed by atoms with Crippen molar-refractivity contribution in [3.63, 3.8) is 0 Å². The first-order chi connectivity index (χ1) is 13.9. The summed E-state index contributed by atoms with van der Waals surface area (Å²) in [5.41, 5.74) is 3.15. The zero-order valence-corrected chi connectivity index (χ0v) is 16.7. The number of nitrogens with one attached hydrogen (secondary N) is 3. The van der Waals surface area contributed by atoms with Crippen molar-refractivity contribution in [3.05, 3.63) is 84.2 Å². The largest absolute Gasteiger partial charge is 0.354 e. The number of hydrogen-bond donors (Lipinski definition) is 3. The van der Waals surface area contributed by atoms with Crippen LogP contribution < -0.4 is 15.4 Å². The highest BCUT2D eigenvalue weighted by molar-refractivity contribution is 7.90. The summed E-state index contributed by atoms with van der Waals surface area (Å²) >= 11 is 0. The molecular formula is C21H22N4O3S. The minimum absolute atomic E-state index is 0.111. The van der Waals surface area contributed by atoms with Crippen molar-refractivity contribution < 1.29 is 13.2 Å². The molecule has 0 aliphatic carbocycles. The molecule has 0 aliphatic heterocycles. The maximum Gasteiger partial charge on any atom is 0.328 e. The highest BCUT2D eigenvalue weighted by Crippen LogP contribution is 2.24. The van der Waals surface area contributed by atoms with Crippen LogP contribution in [-0.4, -0.2) is 26.0 Å². The molecule has 7 nitrogen and oxygen atoms in total. The minimum Gasteiger partial charge on any atom is -0.354 e. The van der Waals surface area contributed by atoms with E-state index in [1.807, 2.05) is 66.2 Å². The lowest BCUT2D eigenvalue weighted by molar-refractivity contribution is 0.246. The Bertz CT molecular complexity index is 1090. The Balaban J connectivity index is 1.66. The Labute approximate surface area is 170 Å². The lowest BCUT2D eigenvalue weighted by Gasteiger charge is -2.13. The first-order valence-electron chi connectivity index (χ1n) is 9.06. The fourth-order valence-corrected chi connectivity index (χ4v) is 3.79. The number of aryl methyl sites for hydroxylation is 1. The van der Waals surface area contributed by atoms with Crippen molar-refractivity contribution in [2.45, 2.75) is 18.2 Å². The molecule has 3 rings (SSSR count). The fourth-order valence-electron chi connectivity index (χ4n) is 2.75. The van der Waals surface area contributed by atoms with Gasteiger partial charge in [0.05, 0.1) is 5.69 Å². The van der Waals surface area contributed by atoms with Crippen LogP contribution in [0.1, 0.15) is 11.1 Å². The van der Waals surface area contributed by atoms with Crippen LogP contribution in [0.4, 0.5) is 16.2 Å². The van der Waals surface area contributed by atoms with Gasteiger partial charge in [0.15, 0.2) is 0 Å². The lowest BCUT2D eigenvalue weighted by Crippen LogP contribution is -2.40. The van der Waals surface area contributed by atoms with Gasteiger partial charge < -0.3 is 10.6 Å². The second kappa shape index (κ2) is 9.20. The normalized spacial score (nSPS) is 10.9. The predicted molar refractivity (Wildman–Crippen MR) is 113 cm³/mol. The zero-order valence-electron chi connectivity index (χ0n) is 15.9. The molecule has 0 atom stereocenters. The van der Waals surface area contributed by atoms with E-state index in [2.05, 4.69) is 15.6 Å². The fraction of sp³-hybridized carbons (Fsp3) is 0.143. The van der Waals surface area contributed by atoms with Crippen molar-refractivity contribution in [3.8, 4) is 0 Å². The second-order valence-corrected chi connectivity index (χ2v) is 8.11. The molecule has 1 aromatic heterocycles. The number of pyridine rings is 1. The van der Waals surface area contributed by atoms with E-state index in [1.165, 1.54) is 12.4 Å². The second-order valence-electron chi connectivity index (χ2n) is 6.46. The number of rotatable bonds is 7. The average molecular weight is 410 g/mol. The van der Waals surface area contributed by atoms with Crippen LogP contribution in [0, 0.1) is 6.92 Å². The van der Waals surface area contributed by atoms with Gasteiger partial charge in [0, 0.05) is 24.6 Å². The van der Waals surface area contributed by atoms with Gasteiger partial charge in [0.1, 0.15) is 4.90 Å². The predicted octanol–water partition coefficient (Wildman–Crippen LogP) is 3.36. The van der Waals surface area contributed by atoms with Crippen LogP contribution in [0.2, 0.25) is 0 Å². The van der Waals surface area contributed by atoms with E-state index in [9.17, 15) is 13.2 Å². The molecule has 0 fully saturated rings. The van der Waals surface area contributed by atoms with Crippen LogP contribution >= 0.6 is 0 Å². The van der Waals surface area contributed by atoms with E-state index < -0.39 is 16.1 Å². The van der Waals surface area contributed by atoms with Gasteiger partial charge in [-0.1, -0.05) is 42.5 Å². The van der Waals surface area contributed by atoms with Crippen LogP contribution in [-0.2, 0) is 16.4 Å². The Morgan fingerprint density at radius 1 is 1.03 bits per heavy atom. The number of nitrogens with zero attached hydrogens (tertiary/aromatic N) is 1. The van der Waals surface area contributed by atoms with Gasteiger partial charge >= 0.3 is 6.03 Å². The van der Waals surface area contributed by atoms with Crippen molar-refractivity contribution in [1.82, 2.24) is 15.0 Å². The molecule has 150 valence electrons. The Morgan fingerprint density at radius 3 is 2.59 bits per heavy atom. The number of carbonyl (C=O) groups excluding carboxylic acids is 1. The SMILES string of the molecule is Cc1cccc(Nc2ccncc2S(=O)(=O)NC(=O)NCCc2ccccc2)c1. The molecule has 1 heterocycles. The van der Waals surface area contributed by atoms with Crippen LogP contribution in [0.15, 0.2) is 78.0 Å². The number of urea groups is 1. The number of benzene rings is 2. The summed E-state index contributed by atoms with van der Waals surface area (Å²) in [6.07, 6.45) is 3.29. The third kappa shape index (κ3) is 5.79. The highest BCUT2D eigenvalue weighted by Gasteiger charge is 2.21. The Hall–Kier alpha value is -3.39. The number of carbonyl (C=O) groups is 1. The zero-order chi connectivity index (χ0) is 20.7. The lowest BCUT2D eigenvalue weighted by atomic mass is 10.1. The Morgan fingerprint density at radius 2 is 1.83 bits per heavy atom. The van der Waals surface area contributed by atoms with Crippen molar-refractivity contribution in [1.29, 1.82) is 0 Å². The number of aromatic nitrogens is 1. The molecule has 0 unspecified atom stereocenters. The standard InChI is InChI=1S/C21H22N4O3S/c1-16-6-5-9-18(14-16)24-19-11-12-22-15-20(19)29(27,28)25-21(26)23-13-10-17-7-3-2-4-8-17/h2-9,11-12,14-15H,10,13H2,1H3,(H,22,24)(H2,23,25,26). The van der Waals surface area contributed by atoms with E-state index in [4.69, 9.17) is 0 Å². The molecule has 0 saturated carbocycles. The summed E-state index contributed by atoms with van der Waals surface area (Å²) in [6.45, 7) is 2.25. The molecule has 0 radical (unpaired) electrons. The number of anilines is 2. The molecule has 29 heavy (non-hydrogen) atoms. The third-order valence-corrected chi connectivity index (χ3v) is 5.50. The molecule has 2 aromatic carbocycles. The topological polar surface area (TPSA) is 100 Å². The highest BCUT2D eigenvalue weighted by atomic mass is 32.2. The van der Waals surface area contributed by atoms with Gasteiger partial charge in [-0.15, -0.1) is 0 Å². The van der Waals surface area contributed by atoms with Gasteiger partial charge in [-0.05, 0) is 42.7 Å². The molecular weight excluding hydrogens is 388 g/mol. The third-order valence-electron chi connectivity index (χ3n) is 4.14. The van der Waals surface area contributed by atoms with Crippen molar-refractivity contribution in [2.75, 3.05) is 11.9 Å². The van der Waals surface area contributed by atoms with Crippen LogP contribution in [0.5, 0.6) is 0 Å². The molecule has 3 aromatic rings. The van der Waals surface area contributed by atoms with Gasteiger partial charge in [-0.3, -0.25) is 4.98 Å². The van der Waals surface area contributed by atoms with Crippen LogP contribution in [0.3, 0.4) is 0 Å². The molecule has 0 aliphatic rings. The van der Waals surface area contributed by atoms with Gasteiger partial charge in [0.25, 0.3) is 10.0 Å². The maximum atomic E-state index is 12.7. The number of hydrogen-bond acceptors (Lipinski definition) is 5. The first-order valence-corrected chi connectivity index (χ1v) is 10.5. The molecule has 3 N–H and O–H groups in total. The maximum absolute atomic E-state index is 12.7. The van der Waals surface area contributed by atoms with Gasteiger partial charge in [-0.2, -0.15) is 0 Å². The van der Waals surface area contributed by atoms with E-state index in [0.29, 0.717) is 18.7 Å². The molecule has 0 spiro atoms. The summed E-state index contributed by atoms with van der Waals surface area (Å²) < 4.78 is 27.4. The van der Waals surface area contributed by atoms with Gasteiger partial charge in [-0.25, -0.2) is 17.9 Å². The summed E-state index contributed by atoms with van der Waals surface area (Å²) in [7, 11) is -4.10. The van der Waals surface area contributed by atoms with Crippen molar-refractivity contribution >= 4 is 27.4 Å².